The van der Waals surface area contributed by atoms with Crippen LogP contribution in [0.1, 0.15) is 104 Å². The first-order valence-electron chi connectivity index (χ1n) is 18.3. The predicted octanol–water partition coefficient (Wildman–Crippen LogP) is 0.0509. The van der Waals surface area contributed by atoms with E-state index >= 15 is 0 Å². The Morgan fingerprint density at radius 2 is 1.10 bits per heavy atom. The van der Waals surface area contributed by atoms with Crippen LogP contribution in [0.2, 0.25) is 0 Å². The van der Waals surface area contributed by atoms with Gasteiger partial charge in [-0.3, -0.25) is 4.79 Å². The van der Waals surface area contributed by atoms with E-state index in [4.69, 9.17) is 33.5 Å². The molecule has 16 heteroatoms. The zero-order valence-corrected chi connectivity index (χ0v) is 29.5. The minimum Gasteiger partial charge on any atom is -0.481 e. The summed E-state index contributed by atoms with van der Waals surface area (Å²) in [5.41, 5.74) is 0. The van der Waals surface area contributed by atoms with E-state index in [1.165, 1.54) is 6.92 Å². The Hall–Kier alpha value is -1.09. The van der Waals surface area contributed by atoms with Crippen LogP contribution in [0.4, 0.5) is 0 Å². The fourth-order valence-electron chi connectivity index (χ4n) is 6.63. The van der Waals surface area contributed by atoms with Crippen molar-refractivity contribution in [2.75, 3.05) is 6.61 Å². The number of aliphatic hydroxyl groups excluding tert-OH is 8. The molecule has 0 amide bonds. The summed E-state index contributed by atoms with van der Waals surface area (Å²) in [6, 6.07) is 0. The molecule has 0 unspecified atom stereocenters. The van der Waals surface area contributed by atoms with Gasteiger partial charge in [0.2, 0.25) is 0 Å². The first-order valence-corrected chi connectivity index (χ1v) is 18.3. The number of rotatable bonds is 21. The number of ether oxygens (including phenoxy) is 6. The topological polar surface area (TPSA) is 255 Å². The Labute approximate surface area is 294 Å². The molecular weight excluding hydrogens is 664 g/mol. The van der Waals surface area contributed by atoms with E-state index in [0.29, 0.717) is 19.3 Å². The van der Waals surface area contributed by atoms with Crippen molar-refractivity contribution in [3.63, 3.8) is 0 Å². The third kappa shape index (κ3) is 12.2. The summed E-state index contributed by atoms with van der Waals surface area (Å²) in [5, 5.41) is 93.3. The van der Waals surface area contributed by atoms with E-state index in [2.05, 4.69) is 6.92 Å². The van der Waals surface area contributed by atoms with Crippen LogP contribution < -0.4 is 0 Å². The maximum absolute atomic E-state index is 11.2. The van der Waals surface area contributed by atoms with Gasteiger partial charge in [0.25, 0.3) is 0 Å². The van der Waals surface area contributed by atoms with Crippen molar-refractivity contribution >= 4 is 5.97 Å². The Kier molecular flexibility index (Phi) is 18.7. The van der Waals surface area contributed by atoms with E-state index in [1.54, 1.807) is 6.92 Å². The van der Waals surface area contributed by atoms with Gasteiger partial charge in [0.1, 0.15) is 61.0 Å². The second-order valence-corrected chi connectivity index (χ2v) is 13.9. The van der Waals surface area contributed by atoms with Gasteiger partial charge in [-0.2, -0.15) is 0 Å². The first-order chi connectivity index (χ1) is 23.8. The number of carboxylic acid groups (broad SMARTS) is 1. The van der Waals surface area contributed by atoms with Gasteiger partial charge in [-0.1, -0.05) is 64.7 Å². The molecule has 3 saturated heterocycles. The average molecular weight is 727 g/mol. The largest absolute Gasteiger partial charge is 0.481 e. The van der Waals surface area contributed by atoms with E-state index in [0.717, 1.165) is 57.8 Å². The summed E-state index contributed by atoms with van der Waals surface area (Å²) in [7, 11) is 0. The molecule has 3 aliphatic rings. The molecule has 9 N–H and O–H groups in total. The van der Waals surface area contributed by atoms with Gasteiger partial charge in [-0.05, 0) is 33.1 Å². The second-order valence-electron chi connectivity index (χ2n) is 13.9. The maximum atomic E-state index is 11.2. The molecule has 294 valence electrons. The molecule has 0 saturated carbocycles. The highest BCUT2D eigenvalue weighted by atomic mass is 16.8. The Morgan fingerprint density at radius 3 is 1.70 bits per heavy atom. The SMILES string of the molecule is CCCCC[C@@H](CCCCCCCCCC(=O)O)O[C@@H]1O[C@H](C)[C@H](O)[C@H](O)[C@H]1O[C@@H]1O[C@H](CO)[C@H](O)[C@H](O)[C@H]1O[C@@H]1O[C@@H](C)[C@H](O)[C@@H](O)[C@H]1O. The highest BCUT2D eigenvalue weighted by Gasteiger charge is 2.53. The summed E-state index contributed by atoms with van der Waals surface area (Å²) < 4.78 is 35.7. The molecule has 3 rings (SSSR count). The standard InChI is InChI=1S/C34H62O16/c1-4-5-11-14-20(15-12-9-7-6-8-10-13-16-22(36)37)47-33-30(27(42)24(39)19(3)46-33)50-34-31(28(43)25(40)21(17-35)48-34)49-32-29(44)26(41)23(38)18(2)45-32/h18-21,23-35,38-44H,4-17H2,1-3H3,(H,36,37)/t18-,19+,20-,21+,23-,24-,25-,26+,27-,28-,29+,30+,31+,32-,33-,34-/m0/s1. The molecule has 0 aromatic carbocycles. The Bertz CT molecular complexity index is 960. The van der Waals surface area contributed by atoms with E-state index < -0.39 is 105 Å². The van der Waals surface area contributed by atoms with Crippen molar-refractivity contribution in [1.82, 2.24) is 0 Å². The van der Waals surface area contributed by atoms with Crippen molar-refractivity contribution in [2.45, 2.75) is 202 Å². The van der Waals surface area contributed by atoms with Crippen LogP contribution in [-0.4, -0.2) is 157 Å². The van der Waals surface area contributed by atoms with Crippen LogP contribution >= 0.6 is 0 Å². The lowest BCUT2D eigenvalue weighted by molar-refractivity contribution is -0.393. The highest BCUT2D eigenvalue weighted by Crippen LogP contribution is 2.34. The summed E-state index contributed by atoms with van der Waals surface area (Å²) >= 11 is 0. The van der Waals surface area contributed by atoms with E-state index in [1.807, 2.05) is 0 Å². The number of aliphatic carboxylic acids is 1. The molecule has 0 bridgehead atoms. The number of hydrogen-bond donors (Lipinski definition) is 9. The normalized spacial score (nSPS) is 40.1. The molecule has 3 heterocycles. The molecule has 0 radical (unpaired) electrons. The zero-order valence-electron chi connectivity index (χ0n) is 29.5. The number of hydrogen-bond acceptors (Lipinski definition) is 15. The highest BCUT2D eigenvalue weighted by molar-refractivity contribution is 5.66. The van der Waals surface area contributed by atoms with Crippen molar-refractivity contribution in [3.8, 4) is 0 Å². The van der Waals surface area contributed by atoms with Crippen LogP contribution in [0.3, 0.4) is 0 Å². The van der Waals surface area contributed by atoms with Crippen molar-refractivity contribution in [2.24, 2.45) is 0 Å². The summed E-state index contributed by atoms with van der Waals surface area (Å²) in [6.45, 7) is 4.39. The Morgan fingerprint density at radius 1 is 0.600 bits per heavy atom. The third-order valence-corrected chi connectivity index (χ3v) is 9.87. The minimum atomic E-state index is -1.77. The second kappa shape index (κ2) is 21.6. The smallest absolute Gasteiger partial charge is 0.303 e. The lowest BCUT2D eigenvalue weighted by Gasteiger charge is -2.48. The lowest BCUT2D eigenvalue weighted by atomic mass is 9.96. The zero-order chi connectivity index (χ0) is 37.0. The van der Waals surface area contributed by atoms with Crippen molar-refractivity contribution in [3.05, 3.63) is 0 Å². The molecule has 50 heavy (non-hydrogen) atoms. The number of unbranched alkanes of at least 4 members (excludes halogenated alkanes) is 8. The van der Waals surface area contributed by atoms with Gasteiger partial charge in [-0.15, -0.1) is 0 Å². The van der Waals surface area contributed by atoms with Gasteiger partial charge in [0.15, 0.2) is 18.9 Å². The van der Waals surface area contributed by atoms with Crippen LogP contribution in [0.25, 0.3) is 0 Å². The van der Waals surface area contributed by atoms with Crippen LogP contribution in [-0.2, 0) is 33.2 Å². The van der Waals surface area contributed by atoms with Gasteiger partial charge in [-0.25, -0.2) is 0 Å². The molecule has 3 fully saturated rings. The van der Waals surface area contributed by atoms with Crippen molar-refractivity contribution in [1.29, 1.82) is 0 Å². The van der Waals surface area contributed by atoms with Gasteiger partial charge >= 0.3 is 5.97 Å². The Balaban J connectivity index is 1.73. The monoisotopic (exact) mass is 726 g/mol. The molecule has 0 aromatic heterocycles. The lowest BCUT2D eigenvalue weighted by Crippen LogP contribution is -2.66. The first kappa shape index (κ1) is 43.3. The van der Waals surface area contributed by atoms with E-state index in [9.17, 15) is 45.6 Å². The number of carbonyl (C=O) groups is 1. The predicted molar refractivity (Wildman–Crippen MR) is 174 cm³/mol. The molecule has 0 aromatic rings. The fraction of sp³-hybridized carbons (Fsp3) is 0.971. The summed E-state index contributed by atoms with van der Waals surface area (Å²) in [5.74, 6) is -0.777. The molecule has 16 nitrogen and oxygen atoms in total. The molecule has 0 aliphatic carbocycles. The van der Waals surface area contributed by atoms with E-state index in [-0.39, 0.29) is 12.5 Å². The number of aliphatic hydroxyl groups is 8. The summed E-state index contributed by atoms with van der Waals surface area (Å²) in [6.07, 6.45) is -11.4. The fourth-order valence-corrected chi connectivity index (χ4v) is 6.63. The van der Waals surface area contributed by atoms with Crippen LogP contribution in [0.15, 0.2) is 0 Å². The van der Waals surface area contributed by atoms with Crippen molar-refractivity contribution < 1.29 is 79.2 Å². The average Bonchev–Trinajstić information content (AvgIpc) is 3.08. The third-order valence-electron chi connectivity index (χ3n) is 9.87. The van der Waals surface area contributed by atoms with Crippen LogP contribution in [0, 0.1) is 0 Å². The quantitative estimate of drug-likeness (QED) is 0.0709. The molecule has 3 aliphatic heterocycles. The minimum absolute atomic E-state index is 0.187. The molecular formula is C34H62O16. The maximum Gasteiger partial charge on any atom is 0.303 e. The molecule has 0 spiro atoms. The van der Waals surface area contributed by atoms with Gasteiger partial charge < -0.3 is 74.4 Å². The molecule has 16 atom stereocenters. The van der Waals surface area contributed by atoms with Gasteiger partial charge in [0, 0.05) is 6.42 Å². The number of carboxylic acids is 1. The van der Waals surface area contributed by atoms with Crippen LogP contribution in [0.5, 0.6) is 0 Å². The van der Waals surface area contributed by atoms with Gasteiger partial charge in [0.05, 0.1) is 24.9 Å². The summed E-state index contributed by atoms with van der Waals surface area (Å²) in [4.78, 5) is 10.7.